The molecule has 1 N–H and O–H groups in total. The predicted octanol–water partition coefficient (Wildman–Crippen LogP) is 5.24. The second-order valence-corrected chi connectivity index (χ2v) is 9.37. The number of fused-ring (bicyclic) bond motifs is 1. The molecule has 1 aromatic carbocycles. The van der Waals surface area contributed by atoms with Crippen LogP contribution in [0.25, 0.3) is 10.9 Å². The van der Waals surface area contributed by atoms with E-state index in [9.17, 15) is 9.18 Å². The lowest BCUT2D eigenvalue weighted by Gasteiger charge is -2.25. The molecule has 1 aliphatic heterocycles. The molecule has 1 saturated carbocycles. The lowest BCUT2D eigenvalue weighted by Crippen LogP contribution is -2.30. The fraction of sp³-hybridized carbons (Fsp3) is 0.500. The monoisotopic (exact) mass is 468 g/mol. The molecule has 0 spiro atoms. The molecule has 182 valence electrons. The van der Waals surface area contributed by atoms with Gasteiger partial charge < -0.3 is 14.8 Å². The van der Waals surface area contributed by atoms with Gasteiger partial charge in [0.1, 0.15) is 11.6 Å². The minimum Gasteiger partial charge on any atom is -0.490 e. The Hall–Kier alpha value is -3.00. The van der Waals surface area contributed by atoms with Crippen molar-refractivity contribution in [3.63, 3.8) is 0 Å². The lowest BCUT2D eigenvalue weighted by atomic mass is 9.84. The number of halogens is 1. The summed E-state index contributed by atoms with van der Waals surface area (Å²) < 4.78 is 26.6. The van der Waals surface area contributed by atoms with Crippen molar-refractivity contribution in [3.05, 3.63) is 48.7 Å². The number of nitrogens with one attached hydrogen (secondary N) is 1. The van der Waals surface area contributed by atoms with Crippen LogP contribution in [-0.2, 0) is 9.53 Å². The minimum atomic E-state index is -0.248. The van der Waals surface area contributed by atoms with Gasteiger partial charge in [-0.1, -0.05) is 27.2 Å². The highest BCUT2D eigenvalue weighted by molar-refractivity contribution is 5.84. The van der Waals surface area contributed by atoms with Gasteiger partial charge in [0.25, 0.3) is 0 Å². The Bertz CT molecular complexity index is 1100. The summed E-state index contributed by atoms with van der Waals surface area (Å²) in [5.41, 5.74) is 1.50. The van der Waals surface area contributed by atoms with E-state index in [2.05, 4.69) is 36.2 Å². The number of carbonyl (C=O) groups is 1. The molecule has 3 aromatic rings. The number of carbonyl (C=O) groups excluding carboxylic acids is 1. The summed E-state index contributed by atoms with van der Waals surface area (Å²) in [5.74, 6) is 2.65. The Kier molecular flexibility index (Phi) is 7.77. The van der Waals surface area contributed by atoms with Gasteiger partial charge in [0.15, 0.2) is 0 Å². The summed E-state index contributed by atoms with van der Waals surface area (Å²) in [6.45, 7) is 8.33. The van der Waals surface area contributed by atoms with Crippen LogP contribution in [0.1, 0.15) is 46.1 Å². The van der Waals surface area contributed by atoms with Crippen LogP contribution in [0.4, 0.5) is 10.1 Å². The summed E-state index contributed by atoms with van der Waals surface area (Å²) in [6, 6.07) is 6.85. The van der Waals surface area contributed by atoms with Gasteiger partial charge in [-0.05, 0) is 54.9 Å². The van der Waals surface area contributed by atoms with Crippen LogP contribution in [0.5, 0.6) is 5.75 Å². The first-order valence-corrected chi connectivity index (χ1v) is 12.0. The van der Waals surface area contributed by atoms with E-state index < -0.39 is 0 Å². The van der Waals surface area contributed by atoms with Gasteiger partial charge in [-0.25, -0.2) is 4.39 Å². The van der Waals surface area contributed by atoms with Crippen LogP contribution >= 0.6 is 0 Å². The topological polar surface area (TPSA) is 78.3 Å². The Morgan fingerprint density at radius 2 is 2.15 bits per heavy atom. The molecule has 34 heavy (non-hydrogen) atoms. The first-order valence-electron chi connectivity index (χ1n) is 12.0. The summed E-state index contributed by atoms with van der Waals surface area (Å²) in [5, 5.41) is 7.36. The molecule has 3 heterocycles. The molecule has 2 aromatic heterocycles. The SMILES string of the molecule is CCC(C)C1CC(Oc2ccnc3ccc(F)cc23)CC1C.O=CNc1cnn(C2COC2)c1. The molecule has 8 heteroatoms. The summed E-state index contributed by atoms with van der Waals surface area (Å²) in [4.78, 5) is 14.3. The fourth-order valence-corrected chi connectivity index (χ4v) is 4.85. The van der Waals surface area contributed by atoms with Crippen LogP contribution < -0.4 is 10.1 Å². The maximum Gasteiger partial charge on any atom is 0.211 e. The third-order valence-corrected chi connectivity index (χ3v) is 7.05. The molecule has 1 saturated heterocycles. The zero-order valence-corrected chi connectivity index (χ0v) is 20.0. The van der Waals surface area contributed by atoms with Gasteiger partial charge in [-0.3, -0.25) is 14.5 Å². The van der Waals surface area contributed by atoms with Crippen LogP contribution in [0.3, 0.4) is 0 Å². The molecule has 7 nitrogen and oxygen atoms in total. The van der Waals surface area contributed by atoms with Crippen molar-refractivity contribution in [1.82, 2.24) is 14.8 Å². The molecule has 5 rings (SSSR count). The average molecular weight is 469 g/mol. The second kappa shape index (κ2) is 11.0. The van der Waals surface area contributed by atoms with E-state index in [-0.39, 0.29) is 11.9 Å². The highest BCUT2D eigenvalue weighted by atomic mass is 19.1. The number of nitrogens with zero attached hydrogens (tertiary/aromatic N) is 3. The Morgan fingerprint density at radius 3 is 2.85 bits per heavy atom. The van der Waals surface area contributed by atoms with Gasteiger partial charge in [0.05, 0.1) is 42.8 Å². The standard InChI is InChI=1S/C19H24FNO.C7H9N3O2/c1-4-12(2)16-11-15(9-13(16)3)22-19-7-8-21-18-6-5-14(20)10-17(18)19;11-5-8-6-1-9-10(2-6)7-3-12-4-7/h5-8,10,12-13,15-16H,4,9,11H2,1-3H3;1-2,5,7H,3-4H2,(H,8,11). The van der Waals surface area contributed by atoms with Gasteiger partial charge in [0, 0.05) is 17.8 Å². The normalized spacial score (nSPS) is 23.0. The quantitative estimate of drug-likeness (QED) is 0.480. The third kappa shape index (κ3) is 5.55. The van der Waals surface area contributed by atoms with Crippen molar-refractivity contribution < 1.29 is 18.7 Å². The minimum absolute atomic E-state index is 0.225. The van der Waals surface area contributed by atoms with Gasteiger partial charge in [-0.2, -0.15) is 5.10 Å². The molecule has 4 atom stereocenters. The number of amides is 1. The van der Waals surface area contributed by atoms with Crippen molar-refractivity contribution in [2.45, 2.75) is 52.2 Å². The van der Waals surface area contributed by atoms with E-state index >= 15 is 0 Å². The maximum atomic E-state index is 13.5. The van der Waals surface area contributed by atoms with Gasteiger partial charge in [-0.15, -0.1) is 0 Å². The number of aromatic nitrogens is 3. The summed E-state index contributed by atoms with van der Waals surface area (Å²) >= 11 is 0. The zero-order chi connectivity index (χ0) is 24.1. The highest BCUT2D eigenvalue weighted by Gasteiger charge is 2.35. The van der Waals surface area contributed by atoms with Crippen molar-refractivity contribution in [2.24, 2.45) is 17.8 Å². The molecular weight excluding hydrogens is 435 g/mol. The lowest BCUT2D eigenvalue weighted by molar-refractivity contribution is -0.105. The molecule has 1 amide bonds. The smallest absolute Gasteiger partial charge is 0.211 e. The Morgan fingerprint density at radius 1 is 1.32 bits per heavy atom. The van der Waals surface area contributed by atoms with Gasteiger partial charge in [0.2, 0.25) is 6.41 Å². The number of benzene rings is 1. The van der Waals surface area contributed by atoms with Crippen molar-refractivity contribution in [2.75, 3.05) is 18.5 Å². The van der Waals surface area contributed by atoms with E-state index in [4.69, 9.17) is 9.47 Å². The summed E-state index contributed by atoms with van der Waals surface area (Å²) in [6.07, 6.45) is 9.39. The number of anilines is 1. The van der Waals surface area contributed by atoms with E-state index in [0.717, 1.165) is 47.0 Å². The number of hydrogen-bond donors (Lipinski definition) is 1. The Balaban J connectivity index is 0.000000192. The molecule has 2 aliphatic rings. The van der Waals surface area contributed by atoms with Gasteiger partial charge >= 0.3 is 0 Å². The number of pyridine rings is 1. The van der Waals surface area contributed by atoms with Crippen LogP contribution in [-0.4, -0.2) is 40.5 Å². The fourth-order valence-electron chi connectivity index (χ4n) is 4.85. The van der Waals surface area contributed by atoms with Crippen molar-refractivity contribution in [3.8, 4) is 5.75 Å². The van der Waals surface area contributed by atoms with E-state index in [0.29, 0.717) is 31.6 Å². The first-order chi connectivity index (χ1) is 16.5. The number of rotatable bonds is 7. The Labute approximate surface area is 199 Å². The van der Waals surface area contributed by atoms with Crippen LogP contribution in [0, 0.1) is 23.6 Å². The molecule has 4 unspecified atom stereocenters. The molecule has 0 radical (unpaired) electrons. The first kappa shape index (κ1) is 24.1. The van der Waals surface area contributed by atoms with E-state index in [1.807, 2.05) is 6.07 Å². The largest absolute Gasteiger partial charge is 0.490 e. The number of hydrogen-bond acceptors (Lipinski definition) is 5. The zero-order valence-electron chi connectivity index (χ0n) is 20.0. The molecule has 0 bridgehead atoms. The molecule has 2 fully saturated rings. The highest BCUT2D eigenvalue weighted by Crippen LogP contribution is 2.40. The van der Waals surface area contributed by atoms with Crippen molar-refractivity contribution >= 4 is 23.0 Å². The molecular formula is C26H33FN4O3. The molecule has 1 aliphatic carbocycles. The van der Waals surface area contributed by atoms with Crippen LogP contribution in [0.2, 0.25) is 0 Å². The number of ether oxygens (including phenoxy) is 2. The van der Waals surface area contributed by atoms with E-state index in [1.54, 1.807) is 29.3 Å². The predicted molar refractivity (Wildman–Crippen MR) is 129 cm³/mol. The maximum absolute atomic E-state index is 13.5. The average Bonchev–Trinajstić information content (AvgIpc) is 3.39. The third-order valence-electron chi connectivity index (χ3n) is 7.05. The summed E-state index contributed by atoms with van der Waals surface area (Å²) in [7, 11) is 0. The van der Waals surface area contributed by atoms with Crippen molar-refractivity contribution in [1.29, 1.82) is 0 Å². The second-order valence-electron chi connectivity index (χ2n) is 9.37. The van der Waals surface area contributed by atoms with Crippen LogP contribution in [0.15, 0.2) is 42.9 Å². The van der Waals surface area contributed by atoms with E-state index in [1.165, 1.54) is 18.6 Å².